The molecule has 5 nitrogen and oxygen atoms in total. The maximum atomic E-state index is 12.2. The fraction of sp³-hybridized carbons (Fsp3) is 0.333. The monoisotopic (exact) mass is 310 g/mol. The number of fused-ring (bicyclic) bond motifs is 1. The van der Waals surface area contributed by atoms with Gasteiger partial charge in [-0.25, -0.2) is 0 Å². The van der Waals surface area contributed by atoms with Gasteiger partial charge in [-0.2, -0.15) is 5.10 Å². The van der Waals surface area contributed by atoms with E-state index in [1.54, 1.807) is 0 Å². The van der Waals surface area contributed by atoms with Crippen LogP contribution >= 0.6 is 0 Å². The van der Waals surface area contributed by atoms with Crippen LogP contribution in [0.4, 0.5) is 0 Å². The van der Waals surface area contributed by atoms with Crippen molar-refractivity contribution in [2.45, 2.75) is 26.7 Å². The van der Waals surface area contributed by atoms with Gasteiger partial charge in [0.15, 0.2) is 0 Å². The number of carbonyl (C=O) groups is 1. The molecular formula is C18H22N4O. The van der Waals surface area contributed by atoms with Crippen LogP contribution in [-0.2, 0) is 24.7 Å². The van der Waals surface area contributed by atoms with Crippen molar-refractivity contribution in [2.75, 3.05) is 6.54 Å². The molecule has 5 heteroatoms. The highest BCUT2D eigenvalue weighted by molar-refractivity contribution is 5.83. The summed E-state index contributed by atoms with van der Waals surface area (Å²) in [5, 5.41) is 8.58. The smallest absolute Gasteiger partial charge is 0.224 e. The maximum absolute atomic E-state index is 12.2. The Labute approximate surface area is 135 Å². The number of hydrogen-bond donors (Lipinski definition) is 2. The second-order valence-corrected chi connectivity index (χ2v) is 5.91. The van der Waals surface area contributed by atoms with E-state index in [1.807, 2.05) is 43.9 Å². The van der Waals surface area contributed by atoms with Crippen molar-refractivity contribution in [3.8, 4) is 0 Å². The molecular weight excluding hydrogens is 288 g/mol. The summed E-state index contributed by atoms with van der Waals surface area (Å²) < 4.78 is 1.82. The molecule has 2 aromatic heterocycles. The lowest BCUT2D eigenvalue weighted by atomic mass is 10.1. The van der Waals surface area contributed by atoms with Crippen LogP contribution in [0.25, 0.3) is 10.9 Å². The largest absolute Gasteiger partial charge is 0.361 e. The van der Waals surface area contributed by atoms with Gasteiger partial charge in [0.25, 0.3) is 0 Å². The minimum Gasteiger partial charge on any atom is -0.361 e. The standard InChI is InChI=1S/C18H22N4O/c1-12-16(13(2)22(3)21-12)10-18(23)19-9-8-14-11-20-17-7-5-4-6-15(14)17/h4-7,11,20H,8-10H2,1-3H3,(H,19,23). The Morgan fingerprint density at radius 1 is 1.30 bits per heavy atom. The molecule has 0 aliphatic heterocycles. The normalized spacial score (nSPS) is 11.1. The van der Waals surface area contributed by atoms with E-state index < -0.39 is 0 Å². The van der Waals surface area contributed by atoms with Gasteiger partial charge in [0.1, 0.15) is 0 Å². The zero-order chi connectivity index (χ0) is 16.4. The van der Waals surface area contributed by atoms with Crippen LogP contribution in [0, 0.1) is 13.8 Å². The first kappa shape index (κ1) is 15.3. The van der Waals surface area contributed by atoms with Crippen LogP contribution < -0.4 is 5.32 Å². The molecule has 0 aliphatic carbocycles. The van der Waals surface area contributed by atoms with Gasteiger partial charge in [0.05, 0.1) is 12.1 Å². The zero-order valence-electron chi connectivity index (χ0n) is 13.8. The number of benzene rings is 1. The van der Waals surface area contributed by atoms with E-state index in [2.05, 4.69) is 27.5 Å². The summed E-state index contributed by atoms with van der Waals surface area (Å²) in [4.78, 5) is 15.4. The number of rotatable bonds is 5. The highest BCUT2D eigenvalue weighted by Gasteiger charge is 2.13. The van der Waals surface area contributed by atoms with Gasteiger partial charge < -0.3 is 10.3 Å². The van der Waals surface area contributed by atoms with Crippen LogP contribution in [0.15, 0.2) is 30.5 Å². The van der Waals surface area contributed by atoms with Crippen molar-refractivity contribution < 1.29 is 4.79 Å². The molecule has 0 fully saturated rings. The number of para-hydroxylation sites is 1. The molecule has 0 spiro atoms. The Balaban J connectivity index is 1.57. The van der Waals surface area contributed by atoms with E-state index in [-0.39, 0.29) is 5.91 Å². The molecule has 0 saturated carbocycles. The minimum absolute atomic E-state index is 0.0454. The molecule has 0 bridgehead atoms. The van der Waals surface area contributed by atoms with Crippen LogP contribution in [0.2, 0.25) is 0 Å². The third-order valence-corrected chi connectivity index (χ3v) is 4.39. The average Bonchev–Trinajstić information content (AvgIpc) is 3.04. The van der Waals surface area contributed by atoms with Gasteiger partial charge in [-0.05, 0) is 31.9 Å². The van der Waals surface area contributed by atoms with Crippen molar-refractivity contribution >= 4 is 16.8 Å². The number of nitrogens with one attached hydrogen (secondary N) is 2. The third kappa shape index (κ3) is 3.13. The van der Waals surface area contributed by atoms with Gasteiger partial charge in [0, 0.05) is 41.9 Å². The predicted molar refractivity (Wildman–Crippen MR) is 91.4 cm³/mol. The van der Waals surface area contributed by atoms with E-state index in [4.69, 9.17) is 0 Å². The van der Waals surface area contributed by atoms with Gasteiger partial charge in [-0.3, -0.25) is 9.48 Å². The van der Waals surface area contributed by atoms with Crippen molar-refractivity contribution in [2.24, 2.45) is 7.05 Å². The third-order valence-electron chi connectivity index (χ3n) is 4.39. The quantitative estimate of drug-likeness (QED) is 0.760. The van der Waals surface area contributed by atoms with E-state index in [1.165, 1.54) is 10.9 Å². The zero-order valence-corrected chi connectivity index (χ0v) is 13.8. The Kier molecular flexibility index (Phi) is 4.19. The van der Waals surface area contributed by atoms with Gasteiger partial charge >= 0.3 is 0 Å². The van der Waals surface area contributed by atoms with Crippen molar-refractivity contribution in [1.82, 2.24) is 20.1 Å². The molecule has 2 N–H and O–H groups in total. The van der Waals surface area contributed by atoms with Crippen LogP contribution in [0.3, 0.4) is 0 Å². The van der Waals surface area contributed by atoms with E-state index in [0.29, 0.717) is 13.0 Å². The maximum Gasteiger partial charge on any atom is 0.224 e. The molecule has 0 unspecified atom stereocenters. The summed E-state index contributed by atoms with van der Waals surface area (Å²) in [5.41, 5.74) is 5.37. The number of aromatic nitrogens is 3. The number of nitrogens with zero attached hydrogens (tertiary/aromatic N) is 2. The van der Waals surface area contributed by atoms with Crippen LogP contribution in [0.5, 0.6) is 0 Å². The summed E-state index contributed by atoms with van der Waals surface area (Å²) in [6.07, 6.45) is 3.23. The fourth-order valence-electron chi connectivity index (χ4n) is 2.97. The number of hydrogen-bond acceptors (Lipinski definition) is 2. The summed E-state index contributed by atoms with van der Waals surface area (Å²) >= 11 is 0. The minimum atomic E-state index is 0.0454. The number of H-pyrrole nitrogens is 1. The van der Waals surface area contributed by atoms with Crippen molar-refractivity contribution in [1.29, 1.82) is 0 Å². The predicted octanol–water partition coefficient (Wildman–Crippen LogP) is 2.42. The van der Waals surface area contributed by atoms with Gasteiger partial charge in [-0.1, -0.05) is 18.2 Å². The average molecular weight is 310 g/mol. The topological polar surface area (TPSA) is 62.7 Å². The highest BCUT2D eigenvalue weighted by atomic mass is 16.1. The molecule has 2 heterocycles. The molecule has 1 aromatic carbocycles. The SMILES string of the molecule is Cc1nn(C)c(C)c1CC(=O)NCCc1c[nH]c2ccccc12. The number of aryl methyl sites for hydroxylation is 2. The first-order valence-corrected chi connectivity index (χ1v) is 7.87. The first-order valence-electron chi connectivity index (χ1n) is 7.87. The molecule has 3 aromatic rings. The van der Waals surface area contributed by atoms with Crippen molar-refractivity contribution in [3.63, 3.8) is 0 Å². The molecule has 1 amide bonds. The Morgan fingerprint density at radius 3 is 2.83 bits per heavy atom. The Bertz CT molecular complexity index is 844. The summed E-state index contributed by atoms with van der Waals surface area (Å²) in [5.74, 6) is 0.0454. The summed E-state index contributed by atoms with van der Waals surface area (Å²) in [6, 6.07) is 8.21. The summed E-state index contributed by atoms with van der Waals surface area (Å²) in [7, 11) is 1.90. The van der Waals surface area contributed by atoms with E-state index >= 15 is 0 Å². The van der Waals surface area contributed by atoms with E-state index in [0.717, 1.165) is 28.9 Å². The van der Waals surface area contributed by atoms with E-state index in [9.17, 15) is 4.79 Å². The Hall–Kier alpha value is -2.56. The lowest BCUT2D eigenvalue weighted by molar-refractivity contribution is -0.120. The number of carbonyl (C=O) groups excluding carboxylic acids is 1. The molecule has 3 rings (SSSR count). The lowest BCUT2D eigenvalue weighted by Gasteiger charge is -2.05. The Morgan fingerprint density at radius 2 is 2.09 bits per heavy atom. The summed E-state index contributed by atoms with van der Waals surface area (Å²) in [6.45, 7) is 4.58. The van der Waals surface area contributed by atoms with Crippen molar-refractivity contribution in [3.05, 3.63) is 53.0 Å². The van der Waals surface area contributed by atoms with Gasteiger partial charge in [-0.15, -0.1) is 0 Å². The van der Waals surface area contributed by atoms with Crippen LogP contribution in [-0.4, -0.2) is 27.2 Å². The molecule has 0 atom stereocenters. The fourth-order valence-corrected chi connectivity index (χ4v) is 2.97. The number of aromatic amines is 1. The molecule has 0 aliphatic rings. The highest BCUT2D eigenvalue weighted by Crippen LogP contribution is 2.17. The van der Waals surface area contributed by atoms with Crippen LogP contribution in [0.1, 0.15) is 22.5 Å². The second-order valence-electron chi connectivity index (χ2n) is 5.91. The first-order chi connectivity index (χ1) is 11.1. The molecule has 0 radical (unpaired) electrons. The lowest BCUT2D eigenvalue weighted by Crippen LogP contribution is -2.27. The second kappa shape index (κ2) is 6.28. The molecule has 0 saturated heterocycles. The van der Waals surface area contributed by atoms with Gasteiger partial charge in [0.2, 0.25) is 5.91 Å². The number of amides is 1. The molecule has 23 heavy (non-hydrogen) atoms. The molecule has 120 valence electrons.